The normalized spacial score (nSPS) is 19.5. The molecular weight excluding hydrogens is 258 g/mol. The summed E-state index contributed by atoms with van der Waals surface area (Å²) in [6.07, 6.45) is 5.69. The lowest BCUT2D eigenvalue weighted by molar-refractivity contribution is -0.150. The molecule has 0 aliphatic carbocycles. The quantitative estimate of drug-likeness (QED) is 0.783. The molecule has 1 aromatic rings. The number of carboxylic acid groups (broad SMARTS) is 1. The molecule has 1 fully saturated rings. The molecular formula is C14H19N3O3. The summed E-state index contributed by atoms with van der Waals surface area (Å²) >= 11 is 0. The van der Waals surface area contributed by atoms with Crippen molar-refractivity contribution in [3.63, 3.8) is 0 Å². The molecule has 20 heavy (non-hydrogen) atoms. The number of carboxylic acids is 1. The van der Waals surface area contributed by atoms with E-state index < -0.39 is 11.9 Å². The van der Waals surface area contributed by atoms with E-state index in [1.165, 1.54) is 5.56 Å². The number of likely N-dealkylation sites (tertiary alicyclic amines) is 1. The summed E-state index contributed by atoms with van der Waals surface area (Å²) in [7, 11) is 0. The van der Waals surface area contributed by atoms with Crippen molar-refractivity contribution >= 4 is 11.9 Å². The Hall–Kier alpha value is -1.95. The van der Waals surface area contributed by atoms with Crippen LogP contribution in [0.25, 0.3) is 0 Å². The summed E-state index contributed by atoms with van der Waals surface area (Å²) < 4.78 is 0. The Labute approximate surface area is 117 Å². The Morgan fingerprint density at radius 1 is 1.50 bits per heavy atom. The highest BCUT2D eigenvalue weighted by atomic mass is 16.4. The van der Waals surface area contributed by atoms with E-state index in [0.717, 1.165) is 32.5 Å². The first-order valence-corrected chi connectivity index (χ1v) is 6.77. The summed E-state index contributed by atoms with van der Waals surface area (Å²) in [5, 5.41) is 11.0. The molecule has 108 valence electrons. The molecule has 0 spiro atoms. The fourth-order valence-corrected chi connectivity index (χ4v) is 2.52. The van der Waals surface area contributed by atoms with Crippen LogP contribution in [0.15, 0.2) is 24.5 Å². The lowest BCUT2D eigenvalue weighted by atomic mass is 9.97. The van der Waals surface area contributed by atoms with Crippen LogP contribution in [0.2, 0.25) is 0 Å². The number of aromatic nitrogens is 1. The van der Waals surface area contributed by atoms with Crippen LogP contribution in [0.5, 0.6) is 0 Å². The Morgan fingerprint density at radius 3 is 3.05 bits per heavy atom. The molecule has 1 saturated heterocycles. The molecule has 2 N–H and O–H groups in total. The minimum Gasteiger partial charge on any atom is -0.474 e. The molecule has 6 heteroatoms. The lowest BCUT2D eigenvalue weighted by Crippen LogP contribution is -2.42. The Kier molecular flexibility index (Phi) is 5.06. The molecule has 1 amide bonds. The molecule has 6 nitrogen and oxygen atoms in total. The third-order valence-corrected chi connectivity index (χ3v) is 3.48. The van der Waals surface area contributed by atoms with Crippen LogP contribution in [-0.2, 0) is 16.1 Å². The second-order valence-electron chi connectivity index (χ2n) is 5.12. The Balaban J connectivity index is 1.80. The van der Waals surface area contributed by atoms with Crippen molar-refractivity contribution in [1.29, 1.82) is 0 Å². The van der Waals surface area contributed by atoms with Crippen LogP contribution in [-0.4, -0.2) is 46.5 Å². The molecule has 1 aliphatic heterocycles. The number of amides is 1. The van der Waals surface area contributed by atoms with Crippen LogP contribution in [0.3, 0.4) is 0 Å². The number of nitrogens with zero attached hydrogens (tertiary/aromatic N) is 2. The smallest absolute Gasteiger partial charge is 0.394 e. The Morgan fingerprint density at radius 2 is 2.35 bits per heavy atom. The fraction of sp³-hybridized carbons (Fsp3) is 0.500. The standard InChI is InChI=1S/C14H19N3O3/c18-13(14(19)20)16-8-12-4-2-6-17(10-12)9-11-3-1-5-15-7-11/h1,3,5,7,12H,2,4,6,8-10H2,(H,16,18)(H,19,20). The SMILES string of the molecule is O=C(O)C(=O)NCC1CCCN(Cc2cccnc2)C1. The van der Waals surface area contributed by atoms with E-state index >= 15 is 0 Å². The van der Waals surface area contributed by atoms with Gasteiger partial charge in [0.1, 0.15) is 0 Å². The van der Waals surface area contributed by atoms with Crippen molar-refractivity contribution in [2.24, 2.45) is 5.92 Å². The highest BCUT2D eigenvalue weighted by Crippen LogP contribution is 2.17. The first kappa shape index (κ1) is 14.5. The molecule has 1 aliphatic rings. The van der Waals surface area contributed by atoms with Gasteiger partial charge in [-0.2, -0.15) is 0 Å². The van der Waals surface area contributed by atoms with Gasteiger partial charge < -0.3 is 10.4 Å². The van der Waals surface area contributed by atoms with Gasteiger partial charge in [-0.15, -0.1) is 0 Å². The first-order valence-electron chi connectivity index (χ1n) is 6.77. The largest absolute Gasteiger partial charge is 0.474 e. The predicted molar refractivity (Wildman–Crippen MR) is 72.9 cm³/mol. The minimum absolute atomic E-state index is 0.309. The van der Waals surface area contributed by atoms with Crippen LogP contribution < -0.4 is 5.32 Å². The van der Waals surface area contributed by atoms with Gasteiger partial charge in [-0.25, -0.2) is 4.79 Å². The summed E-state index contributed by atoms with van der Waals surface area (Å²) in [6, 6.07) is 3.96. The Bertz CT molecular complexity index is 464. The van der Waals surface area contributed by atoms with Gasteiger partial charge >= 0.3 is 11.9 Å². The van der Waals surface area contributed by atoms with E-state index in [1.54, 1.807) is 6.20 Å². The molecule has 0 saturated carbocycles. The highest BCUT2D eigenvalue weighted by molar-refractivity contribution is 6.31. The summed E-state index contributed by atoms with van der Waals surface area (Å²) in [6.45, 7) is 3.17. The molecule has 1 aromatic heterocycles. The number of rotatable bonds is 4. The zero-order valence-corrected chi connectivity index (χ0v) is 11.3. The van der Waals surface area contributed by atoms with Crippen LogP contribution >= 0.6 is 0 Å². The van der Waals surface area contributed by atoms with Gasteiger partial charge in [-0.1, -0.05) is 6.07 Å². The molecule has 0 bridgehead atoms. The zero-order chi connectivity index (χ0) is 14.4. The van der Waals surface area contributed by atoms with E-state index in [0.29, 0.717) is 12.5 Å². The van der Waals surface area contributed by atoms with E-state index in [9.17, 15) is 9.59 Å². The zero-order valence-electron chi connectivity index (χ0n) is 11.3. The summed E-state index contributed by atoms with van der Waals surface area (Å²) in [5.41, 5.74) is 1.17. The number of nitrogens with one attached hydrogen (secondary N) is 1. The van der Waals surface area contributed by atoms with Gasteiger partial charge in [0.25, 0.3) is 0 Å². The summed E-state index contributed by atoms with van der Waals surface area (Å²) in [4.78, 5) is 27.9. The average molecular weight is 277 g/mol. The van der Waals surface area contributed by atoms with Gasteiger partial charge in [-0.3, -0.25) is 14.7 Å². The maximum atomic E-state index is 11.0. The first-order chi connectivity index (χ1) is 9.65. The van der Waals surface area contributed by atoms with Crippen molar-refractivity contribution < 1.29 is 14.7 Å². The number of hydrogen-bond donors (Lipinski definition) is 2. The van der Waals surface area contributed by atoms with E-state index in [-0.39, 0.29) is 0 Å². The van der Waals surface area contributed by atoms with Gasteiger partial charge in [-0.05, 0) is 36.9 Å². The van der Waals surface area contributed by atoms with Crippen LogP contribution in [0.4, 0.5) is 0 Å². The second-order valence-corrected chi connectivity index (χ2v) is 5.12. The molecule has 0 radical (unpaired) electrons. The van der Waals surface area contributed by atoms with Crippen molar-refractivity contribution in [1.82, 2.24) is 15.2 Å². The van der Waals surface area contributed by atoms with E-state index in [4.69, 9.17) is 5.11 Å². The van der Waals surface area contributed by atoms with Gasteiger partial charge in [0.15, 0.2) is 0 Å². The number of pyridine rings is 1. The third-order valence-electron chi connectivity index (χ3n) is 3.48. The molecule has 2 rings (SSSR count). The number of hydrogen-bond acceptors (Lipinski definition) is 4. The second kappa shape index (κ2) is 7.00. The maximum absolute atomic E-state index is 11.0. The summed E-state index contributed by atoms with van der Waals surface area (Å²) in [5.74, 6) is -2.04. The van der Waals surface area contributed by atoms with Crippen molar-refractivity contribution in [3.05, 3.63) is 30.1 Å². The third kappa shape index (κ3) is 4.31. The van der Waals surface area contributed by atoms with Gasteiger partial charge in [0, 0.05) is 32.0 Å². The topological polar surface area (TPSA) is 82.5 Å². The number of carbonyl (C=O) groups is 2. The number of aliphatic carboxylic acids is 1. The monoisotopic (exact) mass is 277 g/mol. The molecule has 0 aromatic carbocycles. The predicted octanol–water partition coefficient (Wildman–Crippen LogP) is 0.494. The highest BCUT2D eigenvalue weighted by Gasteiger charge is 2.21. The fourth-order valence-electron chi connectivity index (χ4n) is 2.52. The van der Waals surface area contributed by atoms with Crippen molar-refractivity contribution in [2.45, 2.75) is 19.4 Å². The number of carbonyl (C=O) groups excluding carboxylic acids is 1. The van der Waals surface area contributed by atoms with Crippen molar-refractivity contribution in [3.8, 4) is 0 Å². The van der Waals surface area contributed by atoms with Gasteiger partial charge in [0.05, 0.1) is 0 Å². The minimum atomic E-state index is -1.42. The van der Waals surface area contributed by atoms with Crippen molar-refractivity contribution in [2.75, 3.05) is 19.6 Å². The molecule has 1 atom stereocenters. The molecule has 1 unspecified atom stereocenters. The maximum Gasteiger partial charge on any atom is 0.394 e. The van der Waals surface area contributed by atoms with Gasteiger partial charge in [0.2, 0.25) is 0 Å². The molecule has 2 heterocycles. The average Bonchev–Trinajstić information content (AvgIpc) is 2.46. The van der Waals surface area contributed by atoms with Crippen LogP contribution in [0.1, 0.15) is 18.4 Å². The number of piperidine rings is 1. The van der Waals surface area contributed by atoms with Crippen LogP contribution in [0, 0.1) is 5.92 Å². The van der Waals surface area contributed by atoms with E-state index in [1.807, 2.05) is 18.3 Å². The van der Waals surface area contributed by atoms with E-state index in [2.05, 4.69) is 15.2 Å². The lowest BCUT2D eigenvalue weighted by Gasteiger charge is -2.32.